The summed E-state index contributed by atoms with van der Waals surface area (Å²) in [5.74, 6) is -1.43. The van der Waals surface area contributed by atoms with E-state index in [-0.39, 0.29) is 17.9 Å². The summed E-state index contributed by atoms with van der Waals surface area (Å²) < 4.78 is 5.03. The molecule has 1 amide bonds. The number of nitrogens with one attached hydrogen (secondary N) is 1. The van der Waals surface area contributed by atoms with Crippen molar-refractivity contribution >= 4 is 11.9 Å². The first-order valence-electron chi connectivity index (χ1n) is 6.15. The second-order valence-corrected chi connectivity index (χ2v) is 4.24. The average molecular weight is 278 g/mol. The second kappa shape index (κ2) is 7.28. The van der Waals surface area contributed by atoms with E-state index in [1.807, 2.05) is 0 Å². The van der Waals surface area contributed by atoms with Crippen LogP contribution in [0.4, 0.5) is 0 Å². The largest absolute Gasteiger partial charge is 0.480 e. The number of pyridine rings is 1. The van der Waals surface area contributed by atoms with Crippen molar-refractivity contribution in [2.24, 2.45) is 0 Å². The molecule has 0 fully saturated rings. The van der Waals surface area contributed by atoms with Crippen LogP contribution >= 0.6 is 0 Å². The van der Waals surface area contributed by atoms with Gasteiger partial charge in [-0.1, -0.05) is 6.08 Å². The highest BCUT2D eigenvalue weighted by molar-refractivity contribution is 5.98. The number of methoxy groups -OCH3 is 1. The number of carboxylic acids is 1. The van der Waals surface area contributed by atoms with Crippen LogP contribution in [0, 0.1) is 6.92 Å². The zero-order valence-corrected chi connectivity index (χ0v) is 11.5. The lowest BCUT2D eigenvalue weighted by Gasteiger charge is -2.14. The normalized spacial score (nSPS) is 11.5. The van der Waals surface area contributed by atoms with Crippen LogP contribution in [-0.4, -0.2) is 35.1 Å². The Kier molecular flexibility index (Phi) is 5.71. The van der Waals surface area contributed by atoms with Gasteiger partial charge in [0, 0.05) is 5.69 Å². The molecule has 1 aromatic heterocycles. The summed E-state index contributed by atoms with van der Waals surface area (Å²) >= 11 is 0. The van der Waals surface area contributed by atoms with Gasteiger partial charge in [-0.25, -0.2) is 9.78 Å². The first kappa shape index (κ1) is 15.7. The number of amides is 1. The fourth-order valence-corrected chi connectivity index (χ4v) is 1.64. The number of carbonyl (C=O) groups excluding carboxylic acids is 1. The molecule has 1 aromatic rings. The van der Waals surface area contributed by atoms with Crippen molar-refractivity contribution in [3.05, 3.63) is 36.0 Å². The van der Waals surface area contributed by atoms with Gasteiger partial charge in [0.1, 0.15) is 11.6 Å². The van der Waals surface area contributed by atoms with Gasteiger partial charge in [0.15, 0.2) is 0 Å². The molecule has 2 N–H and O–H groups in total. The third-order valence-electron chi connectivity index (χ3n) is 2.70. The maximum absolute atomic E-state index is 12.1. The van der Waals surface area contributed by atoms with Crippen molar-refractivity contribution in [3.8, 4) is 5.88 Å². The maximum atomic E-state index is 12.1. The SMILES string of the molecule is C=CCCC(NC(=O)c1ccc(C)nc1OC)C(=O)O. The van der Waals surface area contributed by atoms with Crippen molar-refractivity contribution in [1.82, 2.24) is 10.3 Å². The Morgan fingerprint density at radius 2 is 2.25 bits per heavy atom. The molecular weight excluding hydrogens is 260 g/mol. The highest BCUT2D eigenvalue weighted by Crippen LogP contribution is 2.16. The zero-order valence-electron chi connectivity index (χ0n) is 11.5. The van der Waals surface area contributed by atoms with E-state index in [1.165, 1.54) is 7.11 Å². The number of ether oxygens (including phenoxy) is 1. The molecule has 108 valence electrons. The summed E-state index contributed by atoms with van der Waals surface area (Å²) in [6.45, 7) is 5.30. The van der Waals surface area contributed by atoms with Crippen LogP contribution in [-0.2, 0) is 4.79 Å². The molecule has 1 unspecified atom stereocenters. The van der Waals surface area contributed by atoms with Gasteiger partial charge >= 0.3 is 5.97 Å². The van der Waals surface area contributed by atoms with Crippen molar-refractivity contribution in [2.75, 3.05) is 7.11 Å². The molecule has 0 aliphatic rings. The van der Waals surface area contributed by atoms with Gasteiger partial charge in [-0.05, 0) is 31.9 Å². The number of aliphatic carboxylic acids is 1. The maximum Gasteiger partial charge on any atom is 0.326 e. The summed E-state index contributed by atoms with van der Waals surface area (Å²) in [5.41, 5.74) is 0.919. The number of aromatic nitrogens is 1. The summed E-state index contributed by atoms with van der Waals surface area (Å²) in [6, 6.07) is 2.26. The number of nitrogens with zero attached hydrogens (tertiary/aromatic N) is 1. The van der Waals surface area contributed by atoms with E-state index >= 15 is 0 Å². The molecule has 0 aromatic carbocycles. The van der Waals surface area contributed by atoms with Crippen LogP contribution in [0.5, 0.6) is 5.88 Å². The van der Waals surface area contributed by atoms with Crippen LogP contribution < -0.4 is 10.1 Å². The van der Waals surface area contributed by atoms with Gasteiger partial charge in [-0.2, -0.15) is 0 Å². The van der Waals surface area contributed by atoms with Gasteiger partial charge in [0.25, 0.3) is 5.91 Å². The summed E-state index contributed by atoms with van der Waals surface area (Å²) in [6.07, 6.45) is 2.39. The third-order valence-corrected chi connectivity index (χ3v) is 2.70. The molecule has 1 atom stereocenters. The Balaban J connectivity index is 2.88. The number of carboxylic acid groups (broad SMARTS) is 1. The van der Waals surface area contributed by atoms with Crippen LogP contribution in [0.2, 0.25) is 0 Å². The average Bonchev–Trinajstić information content (AvgIpc) is 2.42. The number of allylic oxidation sites excluding steroid dienone is 1. The summed E-state index contributed by atoms with van der Waals surface area (Å²) in [5, 5.41) is 11.5. The van der Waals surface area contributed by atoms with E-state index in [2.05, 4.69) is 16.9 Å². The molecule has 0 saturated heterocycles. The van der Waals surface area contributed by atoms with E-state index in [9.17, 15) is 9.59 Å². The van der Waals surface area contributed by atoms with Gasteiger partial charge < -0.3 is 15.2 Å². The predicted octanol–water partition coefficient (Wildman–Crippen LogP) is 1.55. The highest BCUT2D eigenvalue weighted by atomic mass is 16.5. The molecule has 20 heavy (non-hydrogen) atoms. The van der Waals surface area contributed by atoms with E-state index in [0.29, 0.717) is 12.1 Å². The monoisotopic (exact) mass is 278 g/mol. The van der Waals surface area contributed by atoms with E-state index < -0.39 is 17.9 Å². The lowest BCUT2D eigenvalue weighted by Crippen LogP contribution is -2.40. The van der Waals surface area contributed by atoms with Crippen LogP contribution in [0.15, 0.2) is 24.8 Å². The Hall–Kier alpha value is -2.37. The van der Waals surface area contributed by atoms with Crippen molar-refractivity contribution < 1.29 is 19.4 Å². The molecule has 1 rings (SSSR count). The number of hydrogen-bond donors (Lipinski definition) is 2. The van der Waals surface area contributed by atoms with Crippen molar-refractivity contribution in [1.29, 1.82) is 0 Å². The summed E-state index contributed by atoms with van der Waals surface area (Å²) in [4.78, 5) is 27.3. The number of aryl methyl sites for hydroxylation is 1. The fraction of sp³-hybridized carbons (Fsp3) is 0.357. The standard InChI is InChI=1S/C14H18N2O4/c1-4-5-6-11(14(18)19)16-12(17)10-8-7-9(2)15-13(10)20-3/h4,7-8,11H,1,5-6H2,2-3H3,(H,16,17)(H,18,19). The Morgan fingerprint density at radius 1 is 1.55 bits per heavy atom. The number of carbonyl (C=O) groups is 2. The molecule has 6 heteroatoms. The topological polar surface area (TPSA) is 88.5 Å². The smallest absolute Gasteiger partial charge is 0.326 e. The second-order valence-electron chi connectivity index (χ2n) is 4.24. The molecule has 6 nitrogen and oxygen atoms in total. The highest BCUT2D eigenvalue weighted by Gasteiger charge is 2.22. The quantitative estimate of drug-likeness (QED) is 0.739. The minimum Gasteiger partial charge on any atom is -0.480 e. The Morgan fingerprint density at radius 3 is 2.80 bits per heavy atom. The van der Waals surface area contributed by atoms with E-state index in [0.717, 1.165) is 0 Å². The predicted molar refractivity (Wildman–Crippen MR) is 73.8 cm³/mol. The number of hydrogen-bond acceptors (Lipinski definition) is 4. The fourth-order valence-electron chi connectivity index (χ4n) is 1.64. The van der Waals surface area contributed by atoms with Crippen LogP contribution in [0.25, 0.3) is 0 Å². The van der Waals surface area contributed by atoms with Gasteiger partial charge in [0.2, 0.25) is 5.88 Å². The van der Waals surface area contributed by atoms with Crippen LogP contribution in [0.1, 0.15) is 28.9 Å². The molecule has 0 aliphatic heterocycles. The third kappa shape index (κ3) is 4.08. The van der Waals surface area contributed by atoms with E-state index in [4.69, 9.17) is 9.84 Å². The first-order valence-corrected chi connectivity index (χ1v) is 6.15. The van der Waals surface area contributed by atoms with E-state index in [1.54, 1.807) is 25.1 Å². The minimum absolute atomic E-state index is 0.176. The lowest BCUT2D eigenvalue weighted by molar-refractivity contribution is -0.139. The molecular formula is C14H18N2O4. The van der Waals surface area contributed by atoms with Crippen LogP contribution in [0.3, 0.4) is 0 Å². The van der Waals surface area contributed by atoms with Crippen molar-refractivity contribution in [2.45, 2.75) is 25.8 Å². The first-order chi connectivity index (χ1) is 9.49. The minimum atomic E-state index is -1.08. The molecule has 0 radical (unpaired) electrons. The molecule has 1 heterocycles. The molecule has 0 saturated carbocycles. The Labute approximate surface area is 117 Å². The lowest BCUT2D eigenvalue weighted by atomic mass is 10.1. The number of rotatable bonds is 7. The van der Waals surface area contributed by atoms with Crippen molar-refractivity contribution in [3.63, 3.8) is 0 Å². The molecule has 0 bridgehead atoms. The Bertz CT molecular complexity index is 514. The molecule has 0 spiro atoms. The molecule has 0 aliphatic carbocycles. The summed E-state index contributed by atoms with van der Waals surface area (Å²) in [7, 11) is 1.41. The van der Waals surface area contributed by atoms with Gasteiger partial charge in [-0.15, -0.1) is 6.58 Å². The van der Waals surface area contributed by atoms with Gasteiger partial charge in [0.05, 0.1) is 7.11 Å². The zero-order chi connectivity index (χ0) is 15.1. The van der Waals surface area contributed by atoms with Gasteiger partial charge in [-0.3, -0.25) is 4.79 Å².